The molecule has 6 heteroatoms. The minimum atomic E-state index is -0.0575. The second kappa shape index (κ2) is 6.18. The van der Waals surface area contributed by atoms with Crippen LogP contribution in [0.25, 0.3) is 0 Å². The number of hydrogen-bond acceptors (Lipinski definition) is 4. The second-order valence-corrected chi connectivity index (χ2v) is 4.73. The molecule has 1 amide bonds. The van der Waals surface area contributed by atoms with Gasteiger partial charge in [0.05, 0.1) is 0 Å². The summed E-state index contributed by atoms with van der Waals surface area (Å²) in [5.74, 6) is -0.0575. The van der Waals surface area contributed by atoms with E-state index in [2.05, 4.69) is 10.3 Å². The first-order valence-electron chi connectivity index (χ1n) is 5.25. The van der Waals surface area contributed by atoms with Crippen molar-refractivity contribution in [2.24, 2.45) is 5.73 Å². The highest BCUT2D eigenvalue weighted by molar-refractivity contribution is 7.09. The van der Waals surface area contributed by atoms with E-state index >= 15 is 0 Å². The molecule has 1 heterocycles. The van der Waals surface area contributed by atoms with Gasteiger partial charge in [-0.2, -0.15) is 0 Å². The summed E-state index contributed by atoms with van der Waals surface area (Å²) in [6.45, 7) is 0.404. The summed E-state index contributed by atoms with van der Waals surface area (Å²) in [4.78, 5) is 15.9. The number of nitrogens with one attached hydrogen (secondary N) is 1. The number of halogens is 1. The average Bonchev–Trinajstić information content (AvgIpc) is 2.86. The molecule has 1 saturated carbocycles. The Hall–Kier alpha value is -0.650. The van der Waals surface area contributed by atoms with E-state index in [-0.39, 0.29) is 18.3 Å². The average molecular weight is 262 g/mol. The van der Waals surface area contributed by atoms with Crippen molar-refractivity contribution in [3.8, 4) is 0 Å². The third kappa shape index (κ3) is 3.17. The smallest absolute Gasteiger partial charge is 0.270 e. The molecule has 3 N–H and O–H groups in total. The molecule has 0 radical (unpaired) electrons. The number of hydrogen-bond donors (Lipinski definition) is 2. The zero-order valence-electron chi connectivity index (χ0n) is 8.94. The fraction of sp³-hybridized carbons (Fsp3) is 0.600. The van der Waals surface area contributed by atoms with Crippen molar-refractivity contribution < 1.29 is 4.79 Å². The summed E-state index contributed by atoms with van der Waals surface area (Å²) in [7, 11) is 0. The van der Waals surface area contributed by atoms with Gasteiger partial charge in [-0.25, -0.2) is 4.98 Å². The van der Waals surface area contributed by atoms with Crippen LogP contribution in [0.4, 0.5) is 0 Å². The van der Waals surface area contributed by atoms with Crippen LogP contribution in [0.3, 0.4) is 0 Å². The molecule has 1 fully saturated rings. The zero-order chi connectivity index (χ0) is 10.7. The Bertz CT molecular complexity index is 350. The van der Waals surface area contributed by atoms with Crippen molar-refractivity contribution in [1.82, 2.24) is 10.3 Å². The van der Waals surface area contributed by atoms with E-state index in [0.29, 0.717) is 18.3 Å². The fourth-order valence-corrected chi connectivity index (χ4v) is 2.49. The number of nitrogens with two attached hydrogens (primary N) is 1. The minimum absolute atomic E-state index is 0. The van der Waals surface area contributed by atoms with Crippen molar-refractivity contribution in [3.05, 3.63) is 16.1 Å². The van der Waals surface area contributed by atoms with E-state index in [0.717, 1.165) is 17.8 Å². The van der Waals surface area contributed by atoms with E-state index < -0.39 is 0 Å². The van der Waals surface area contributed by atoms with E-state index in [9.17, 15) is 4.79 Å². The summed E-state index contributed by atoms with van der Waals surface area (Å²) in [5, 5.41) is 5.58. The van der Waals surface area contributed by atoms with Crippen LogP contribution in [0.5, 0.6) is 0 Å². The number of rotatable bonds is 3. The Morgan fingerprint density at radius 2 is 2.25 bits per heavy atom. The summed E-state index contributed by atoms with van der Waals surface area (Å²) in [6, 6.07) is 0.348. The molecule has 0 aromatic carbocycles. The molecular weight excluding hydrogens is 246 g/mol. The Balaban J connectivity index is 0.00000128. The number of carbonyl (C=O) groups is 1. The van der Waals surface area contributed by atoms with Crippen molar-refractivity contribution in [1.29, 1.82) is 0 Å². The number of aromatic nitrogens is 1. The van der Waals surface area contributed by atoms with Crippen molar-refractivity contribution in [2.45, 2.75) is 38.3 Å². The zero-order valence-corrected chi connectivity index (χ0v) is 10.6. The number of thiazole rings is 1. The predicted molar refractivity (Wildman–Crippen MR) is 67.0 cm³/mol. The maximum atomic E-state index is 11.7. The molecule has 4 nitrogen and oxygen atoms in total. The first-order chi connectivity index (χ1) is 7.29. The van der Waals surface area contributed by atoms with Gasteiger partial charge in [0.2, 0.25) is 0 Å². The van der Waals surface area contributed by atoms with Crippen LogP contribution in [0.1, 0.15) is 41.2 Å². The summed E-state index contributed by atoms with van der Waals surface area (Å²) < 4.78 is 0. The van der Waals surface area contributed by atoms with Crippen molar-refractivity contribution in [2.75, 3.05) is 0 Å². The van der Waals surface area contributed by atoms with Gasteiger partial charge in [-0.1, -0.05) is 12.8 Å². The maximum Gasteiger partial charge on any atom is 0.270 e. The van der Waals surface area contributed by atoms with E-state index in [4.69, 9.17) is 5.73 Å². The molecule has 16 heavy (non-hydrogen) atoms. The van der Waals surface area contributed by atoms with E-state index in [1.54, 1.807) is 5.38 Å². The maximum absolute atomic E-state index is 11.7. The van der Waals surface area contributed by atoms with Crippen LogP contribution < -0.4 is 11.1 Å². The van der Waals surface area contributed by atoms with Gasteiger partial charge in [0, 0.05) is 18.0 Å². The quantitative estimate of drug-likeness (QED) is 0.870. The van der Waals surface area contributed by atoms with Gasteiger partial charge < -0.3 is 11.1 Å². The molecule has 2 rings (SSSR count). The van der Waals surface area contributed by atoms with Gasteiger partial charge in [-0.3, -0.25) is 4.79 Å². The molecule has 0 aliphatic heterocycles. The largest absolute Gasteiger partial charge is 0.348 e. The molecule has 1 aliphatic rings. The highest BCUT2D eigenvalue weighted by atomic mass is 35.5. The van der Waals surface area contributed by atoms with Crippen LogP contribution >= 0.6 is 23.7 Å². The van der Waals surface area contributed by atoms with Gasteiger partial charge >= 0.3 is 0 Å². The van der Waals surface area contributed by atoms with Crippen LogP contribution in [0.15, 0.2) is 5.38 Å². The molecule has 0 atom stereocenters. The van der Waals surface area contributed by atoms with Gasteiger partial charge in [0.15, 0.2) is 0 Å². The van der Waals surface area contributed by atoms with Crippen LogP contribution in [-0.2, 0) is 6.54 Å². The van der Waals surface area contributed by atoms with Gasteiger partial charge in [0.1, 0.15) is 10.7 Å². The highest BCUT2D eigenvalue weighted by Gasteiger charge is 2.19. The lowest BCUT2D eigenvalue weighted by molar-refractivity contribution is 0.0933. The van der Waals surface area contributed by atoms with Gasteiger partial charge in [0.25, 0.3) is 5.91 Å². The van der Waals surface area contributed by atoms with Crippen molar-refractivity contribution in [3.63, 3.8) is 0 Å². The van der Waals surface area contributed by atoms with Gasteiger partial charge in [-0.05, 0) is 12.8 Å². The Labute approximate surface area is 105 Å². The van der Waals surface area contributed by atoms with Crippen molar-refractivity contribution >= 4 is 29.7 Å². The molecule has 0 bridgehead atoms. The normalized spacial score (nSPS) is 15.8. The molecule has 1 aromatic rings. The predicted octanol–water partition coefficient (Wildman–Crippen LogP) is 1.70. The lowest BCUT2D eigenvalue weighted by Crippen LogP contribution is -2.32. The first kappa shape index (κ1) is 13.4. The highest BCUT2D eigenvalue weighted by Crippen LogP contribution is 2.18. The van der Waals surface area contributed by atoms with Crippen LogP contribution in [-0.4, -0.2) is 16.9 Å². The first-order valence-corrected chi connectivity index (χ1v) is 6.13. The van der Waals surface area contributed by atoms with E-state index in [1.807, 2.05) is 0 Å². The van der Waals surface area contributed by atoms with Gasteiger partial charge in [-0.15, -0.1) is 23.7 Å². The number of amides is 1. The Morgan fingerprint density at radius 3 is 2.81 bits per heavy atom. The third-order valence-corrected chi connectivity index (χ3v) is 3.52. The monoisotopic (exact) mass is 261 g/mol. The van der Waals surface area contributed by atoms with Crippen LogP contribution in [0, 0.1) is 0 Å². The standard InChI is InChI=1S/C10H15N3OS.ClH/c11-5-9-13-8(6-15-9)10(14)12-7-3-1-2-4-7;/h6-7H,1-5,11H2,(H,12,14);1H. The summed E-state index contributed by atoms with van der Waals surface area (Å²) in [6.07, 6.45) is 4.63. The molecule has 1 aromatic heterocycles. The molecule has 0 unspecified atom stereocenters. The molecular formula is C10H16ClN3OS. The minimum Gasteiger partial charge on any atom is -0.348 e. The molecule has 1 aliphatic carbocycles. The number of carbonyl (C=O) groups excluding carboxylic acids is 1. The lowest BCUT2D eigenvalue weighted by atomic mass is 10.2. The summed E-state index contributed by atoms with van der Waals surface area (Å²) >= 11 is 1.44. The third-order valence-electron chi connectivity index (χ3n) is 2.65. The lowest BCUT2D eigenvalue weighted by Gasteiger charge is -2.09. The Morgan fingerprint density at radius 1 is 1.56 bits per heavy atom. The number of nitrogens with zero attached hydrogens (tertiary/aromatic N) is 1. The summed E-state index contributed by atoms with van der Waals surface area (Å²) in [5.41, 5.74) is 5.95. The topological polar surface area (TPSA) is 68.0 Å². The second-order valence-electron chi connectivity index (χ2n) is 3.79. The van der Waals surface area contributed by atoms with Crippen LogP contribution in [0.2, 0.25) is 0 Å². The fourth-order valence-electron chi connectivity index (χ4n) is 1.84. The van der Waals surface area contributed by atoms with E-state index in [1.165, 1.54) is 24.2 Å². The SMILES string of the molecule is Cl.NCc1nc(C(=O)NC2CCCC2)cs1. The Kier molecular flexibility index (Phi) is 5.18. The molecule has 0 saturated heterocycles. The molecule has 90 valence electrons. The molecule has 0 spiro atoms.